The van der Waals surface area contributed by atoms with Gasteiger partial charge in [-0.1, -0.05) is 20.8 Å². The summed E-state index contributed by atoms with van der Waals surface area (Å²) in [4.78, 5) is 1.60. The zero-order chi connectivity index (χ0) is 10.9. The molecule has 1 aliphatic rings. The summed E-state index contributed by atoms with van der Waals surface area (Å²) in [6.45, 7) is 5.58. The molecule has 1 fully saturated rings. The summed E-state index contributed by atoms with van der Waals surface area (Å²) < 4.78 is 38.3. The maximum atomic E-state index is 12.8. The zero-order valence-electron chi connectivity index (χ0n) is 8.93. The van der Waals surface area contributed by atoms with Gasteiger partial charge in [0.25, 0.3) is 0 Å². The van der Waals surface area contributed by atoms with Crippen molar-refractivity contribution in [2.45, 2.75) is 51.9 Å². The van der Waals surface area contributed by atoms with Gasteiger partial charge in [0.05, 0.1) is 0 Å². The van der Waals surface area contributed by atoms with E-state index in [0.29, 0.717) is 6.54 Å². The molecule has 0 N–H and O–H groups in total. The third-order valence-electron chi connectivity index (χ3n) is 2.71. The summed E-state index contributed by atoms with van der Waals surface area (Å²) in [6, 6.07) is -1.09. The standard InChI is InChI=1S/C10H18F3N/c1-4-14(8-5-6-8)9(7(2)3)10(11,12)13/h7-9H,4-6H2,1-3H3/t9-/m1/s1. The molecule has 1 rings (SSSR count). The van der Waals surface area contributed by atoms with Gasteiger partial charge in [-0.25, -0.2) is 0 Å². The van der Waals surface area contributed by atoms with Gasteiger partial charge in [0, 0.05) is 6.04 Å². The van der Waals surface area contributed by atoms with Crippen LogP contribution >= 0.6 is 0 Å². The highest BCUT2D eigenvalue weighted by atomic mass is 19.4. The van der Waals surface area contributed by atoms with Crippen LogP contribution < -0.4 is 0 Å². The first-order valence-electron chi connectivity index (χ1n) is 5.20. The molecule has 0 aromatic heterocycles. The second-order valence-corrected chi connectivity index (χ2v) is 4.29. The minimum absolute atomic E-state index is 0.175. The van der Waals surface area contributed by atoms with Crippen molar-refractivity contribution in [3.8, 4) is 0 Å². The second-order valence-electron chi connectivity index (χ2n) is 4.29. The van der Waals surface area contributed by atoms with E-state index in [4.69, 9.17) is 0 Å². The van der Waals surface area contributed by atoms with Gasteiger partial charge in [0.15, 0.2) is 0 Å². The molecular formula is C10H18F3N. The Balaban J connectivity index is 2.74. The summed E-state index contributed by atoms with van der Waals surface area (Å²) in [5.74, 6) is -0.365. The molecule has 0 radical (unpaired) electrons. The van der Waals surface area contributed by atoms with Gasteiger partial charge < -0.3 is 0 Å². The van der Waals surface area contributed by atoms with Crippen molar-refractivity contribution in [2.24, 2.45) is 5.92 Å². The van der Waals surface area contributed by atoms with E-state index in [9.17, 15) is 13.2 Å². The Kier molecular flexibility index (Phi) is 3.45. The average molecular weight is 209 g/mol. The summed E-state index contributed by atoms with van der Waals surface area (Å²) >= 11 is 0. The molecule has 0 unspecified atom stereocenters. The number of rotatable bonds is 4. The molecule has 0 aromatic carbocycles. The van der Waals surface area contributed by atoms with Gasteiger partial charge in [-0.2, -0.15) is 13.2 Å². The number of hydrogen-bond acceptors (Lipinski definition) is 1. The summed E-state index contributed by atoms with van der Waals surface area (Å²) in [7, 11) is 0. The van der Waals surface area contributed by atoms with E-state index in [0.717, 1.165) is 12.8 Å². The Hall–Kier alpha value is -0.250. The Labute approximate surface area is 83.3 Å². The molecule has 0 spiro atoms. The van der Waals surface area contributed by atoms with E-state index in [1.54, 1.807) is 25.7 Å². The number of hydrogen-bond donors (Lipinski definition) is 0. The van der Waals surface area contributed by atoms with Crippen LogP contribution in [-0.4, -0.2) is 29.7 Å². The smallest absolute Gasteiger partial charge is 0.289 e. The van der Waals surface area contributed by atoms with Crippen molar-refractivity contribution in [1.29, 1.82) is 0 Å². The van der Waals surface area contributed by atoms with Gasteiger partial charge >= 0.3 is 6.18 Å². The van der Waals surface area contributed by atoms with Gasteiger partial charge in [0.1, 0.15) is 6.04 Å². The monoisotopic (exact) mass is 209 g/mol. The van der Waals surface area contributed by atoms with Crippen LogP contribution in [-0.2, 0) is 0 Å². The van der Waals surface area contributed by atoms with E-state index < -0.39 is 12.2 Å². The fraction of sp³-hybridized carbons (Fsp3) is 1.00. The first-order chi connectivity index (χ1) is 6.38. The Bertz CT molecular complexity index is 184. The first-order valence-corrected chi connectivity index (χ1v) is 5.20. The first kappa shape index (κ1) is 11.8. The van der Waals surface area contributed by atoms with Crippen LogP contribution in [0.3, 0.4) is 0 Å². The third kappa shape index (κ3) is 2.62. The lowest BCUT2D eigenvalue weighted by atomic mass is 10.0. The van der Waals surface area contributed by atoms with Crippen LogP contribution in [0.4, 0.5) is 13.2 Å². The lowest BCUT2D eigenvalue weighted by Crippen LogP contribution is -2.50. The maximum Gasteiger partial charge on any atom is 0.404 e. The molecule has 0 amide bonds. The zero-order valence-corrected chi connectivity index (χ0v) is 8.93. The lowest BCUT2D eigenvalue weighted by Gasteiger charge is -2.35. The minimum Gasteiger partial charge on any atom is -0.289 e. The van der Waals surface area contributed by atoms with E-state index in [2.05, 4.69) is 0 Å². The molecule has 1 aliphatic carbocycles. The Morgan fingerprint density at radius 3 is 2.00 bits per heavy atom. The van der Waals surface area contributed by atoms with E-state index >= 15 is 0 Å². The van der Waals surface area contributed by atoms with Crippen LogP contribution in [0.15, 0.2) is 0 Å². The molecule has 4 heteroatoms. The number of alkyl halides is 3. The van der Waals surface area contributed by atoms with E-state index in [-0.39, 0.29) is 12.0 Å². The van der Waals surface area contributed by atoms with Crippen LogP contribution in [0, 0.1) is 5.92 Å². The summed E-state index contributed by atoms with van der Waals surface area (Å²) in [5, 5.41) is 0. The van der Waals surface area contributed by atoms with Gasteiger partial charge in [-0.05, 0) is 25.3 Å². The number of nitrogens with zero attached hydrogens (tertiary/aromatic N) is 1. The lowest BCUT2D eigenvalue weighted by molar-refractivity contribution is -0.196. The molecule has 0 saturated heterocycles. The quantitative estimate of drug-likeness (QED) is 0.687. The van der Waals surface area contributed by atoms with Crippen molar-refractivity contribution in [1.82, 2.24) is 4.90 Å². The molecule has 84 valence electrons. The topological polar surface area (TPSA) is 3.24 Å². The van der Waals surface area contributed by atoms with Crippen molar-refractivity contribution >= 4 is 0 Å². The molecule has 0 aromatic rings. The molecular weight excluding hydrogens is 191 g/mol. The molecule has 1 saturated carbocycles. The maximum absolute atomic E-state index is 12.8. The summed E-state index contributed by atoms with van der Waals surface area (Å²) in [6.07, 6.45) is -2.24. The SMILES string of the molecule is CCN(C1CC1)[C@H](C(C)C)C(F)(F)F. The fourth-order valence-electron chi connectivity index (χ4n) is 2.04. The number of halogens is 3. The van der Waals surface area contributed by atoms with Crippen molar-refractivity contribution in [2.75, 3.05) is 6.54 Å². The fourth-order valence-corrected chi connectivity index (χ4v) is 2.04. The van der Waals surface area contributed by atoms with Crippen LogP contribution in [0.1, 0.15) is 33.6 Å². The van der Waals surface area contributed by atoms with Gasteiger partial charge in [0.2, 0.25) is 0 Å². The predicted octanol–water partition coefficient (Wildman–Crippen LogP) is 3.06. The molecule has 0 aliphatic heterocycles. The van der Waals surface area contributed by atoms with Crippen molar-refractivity contribution < 1.29 is 13.2 Å². The molecule has 1 atom stereocenters. The van der Waals surface area contributed by atoms with Crippen molar-refractivity contribution in [3.05, 3.63) is 0 Å². The van der Waals surface area contributed by atoms with Gasteiger partial charge in [-0.3, -0.25) is 4.90 Å². The summed E-state index contributed by atoms with van der Waals surface area (Å²) in [5.41, 5.74) is 0. The molecule has 14 heavy (non-hydrogen) atoms. The molecule has 0 heterocycles. The average Bonchev–Trinajstić information content (AvgIpc) is 2.78. The third-order valence-corrected chi connectivity index (χ3v) is 2.71. The van der Waals surface area contributed by atoms with Crippen LogP contribution in [0.5, 0.6) is 0 Å². The van der Waals surface area contributed by atoms with Crippen LogP contribution in [0.2, 0.25) is 0 Å². The van der Waals surface area contributed by atoms with Crippen molar-refractivity contribution in [3.63, 3.8) is 0 Å². The highest BCUT2D eigenvalue weighted by Crippen LogP contribution is 2.37. The van der Waals surface area contributed by atoms with E-state index in [1.807, 2.05) is 0 Å². The largest absolute Gasteiger partial charge is 0.404 e. The predicted molar refractivity (Wildman–Crippen MR) is 50.1 cm³/mol. The Morgan fingerprint density at radius 2 is 1.79 bits per heavy atom. The molecule has 1 nitrogen and oxygen atoms in total. The van der Waals surface area contributed by atoms with E-state index in [1.165, 1.54) is 0 Å². The molecule has 0 bridgehead atoms. The second kappa shape index (κ2) is 4.09. The highest BCUT2D eigenvalue weighted by molar-refractivity contribution is 4.92. The van der Waals surface area contributed by atoms with Crippen LogP contribution in [0.25, 0.3) is 0 Å². The normalized spacial score (nSPS) is 20.6. The Morgan fingerprint density at radius 1 is 1.29 bits per heavy atom. The minimum atomic E-state index is -4.09. The van der Waals surface area contributed by atoms with Gasteiger partial charge in [-0.15, -0.1) is 0 Å². The highest BCUT2D eigenvalue weighted by Gasteiger charge is 2.48.